The van der Waals surface area contributed by atoms with E-state index in [-0.39, 0.29) is 10.8 Å². The fraction of sp³-hybridized carbons (Fsp3) is 0.500. The lowest BCUT2D eigenvalue weighted by Crippen LogP contribution is -2.39. The van der Waals surface area contributed by atoms with E-state index in [0.717, 1.165) is 125 Å². The van der Waals surface area contributed by atoms with Crippen LogP contribution in [0.25, 0.3) is 0 Å². The van der Waals surface area contributed by atoms with Crippen LogP contribution in [0, 0.1) is 11.8 Å². The first-order valence-electron chi connectivity index (χ1n) is 20.5. The Kier molecular flexibility index (Phi) is 11.9. The molecule has 4 nitrogen and oxygen atoms in total. The van der Waals surface area contributed by atoms with Gasteiger partial charge in [-0.1, -0.05) is 102 Å². The lowest BCUT2D eigenvalue weighted by Gasteiger charge is -2.47. The maximum absolute atomic E-state index is 10.7. The Hall–Kier alpha value is -3.92. The lowest BCUT2D eigenvalue weighted by atomic mass is 9.57. The Labute approximate surface area is 313 Å². The third kappa shape index (κ3) is 7.45. The van der Waals surface area contributed by atoms with Crippen molar-refractivity contribution < 1.29 is 20.4 Å². The molecule has 2 aliphatic rings. The Morgan fingerprint density at radius 3 is 0.846 bits per heavy atom. The molecule has 6 rings (SSSR count). The molecular weight excluding hydrogens is 641 g/mol. The van der Waals surface area contributed by atoms with E-state index < -0.39 is 0 Å². The Morgan fingerprint density at radius 1 is 0.404 bits per heavy atom. The van der Waals surface area contributed by atoms with Gasteiger partial charge in [0.2, 0.25) is 0 Å². The molecule has 4 N–H and O–H groups in total. The van der Waals surface area contributed by atoms with E-state index in [4.69, 9.17) is 0 Å². The normalized spacial score (nSPS) is 17.7. The summed E-state index contributed by atoms with van der Waals surface area (Å²) in [6, 6.07) is 25.4. The number of phenols is 4. The van der Waals surface area contributed by atoms with E-state index in [9.17, 15) is 20.4 Å². The maximum Gasteiger partial charge on any atom is 0.118 e. The quantitative estimate of drug-likeness (QED) is 0.112. The Morgan fingerprint density at radius 2 is 0.635 bits per heavy atom. The van der Waals surface area contributed by atoms with Crippen molar-refractivity contribution in [2.75, 3.05) is 0 Å². The van der Waals surface area contributed by atoms with Crippen molar-refractivity contribution in [2.45, 2.75) is 141 Å². The third-order valence-corrected chi connectivity index (χ3v) is 13.0. The van der Waals surface area contributed by atoms with Gasteiger partial charge in [-0.3, -0.25) is 0 Å². The molecule has 4 heteroatoms. The highest BCUT2D eigenvalue weighted by molar-refractivity contribution is 5.50. The number of aryl methyl sites for hydroxylation is 4. The van der Waals surface area contributed by atoms with Crippen LogP contribution in [0.2, 0.25) is 0 Å². The third-order valence-electron chi connectivity index (χ3n) is 13.0. The highest BCUT2D eigenvalue weighted by Crippen LogP contribution is 2.54. The molecule has 2 aliphatic carbocycles. The summed E-state index contributed by atoms with van der Waals surface area (Å²) in [5.41, 5.74) is 9.03. The number of phenolic OH excluding ortho intramolecular Hbond substituents is 4. The molecule has 278 valence electrons. The first-order valence-corrected chi connectivity index (χ1v) is 20.5. The molecule has 0 atom stereocenters. The molecule has 2 fully saturated rings. The average Bonchev–Trinajstić information content (AvgIpc) is 3.16. The number of aromatic hydroxyl groups is 4. The molecular formula is C48H62O4. The van der Waals surface area contributed by atoms with Gasteiger partial charge in [0.1, 0.15) is 23.0 Å². The minimum absolute atomic E-state index is 0.148. The van der Waals surface area contributed by atoms with E-state index in [1.807, 2.05) is 24.3 Å². The summed E-state index contributed by atoms with van der Waals surface area (Å²) in [4.78, 5) is 0. The molecule has 0 unspecified atom stereocenters. The minimum Gasteiger partial charge on any atom is -0.508 e. The van der Waals surface area contributed by atoms with Crippen LogP contribution in [0.4, 0.5) is 0 Å². The van der Waals surface area contributed by atoms with Crippen LogP contribution < -0.4 is 0 Å². The summed E-state index contributed by atoms with van der Waals surface area (Å²) in [6.45, 7) is 8.67. The Bertz CT molecular complexity index is 1560. The van der Waals surface area contributed by atoms with Crippen molar-refractivity contribution in [3.05, 3.63) is 117 Å². The topological polar surface area (TPSA) is 80.9 Å². The molecule has 0 spiro atoms. The summed E-state index contributed by atoms with van der Waals surface area (Å²) >= 11 is 0. The number of hydrogen-bond acceptors (Lipinski definition) is 4. The lowest BCUT2D eigenvalue weighted by molar-refractivity contribution is 0.140. The van der Waals surface area contributed by atoms with Gasteiger partial charge in [0, 0.05) is 10.8 Å². The van der Waals surface area contributed by atoms with E-state index in [0.29, 0.717) is 34.8 Å². The van der Waals surface area contributed by atoms with Crippen molar-refractivity contribution in [3.63, 3.8) is 0 Å². The van der Waals surface area contributed by atoms with Crippen LogP contribution in [0.5, 0.6) is 23.0 Å². The summed E-state index contributed by atoms with van der Waals surface area (Å²) < 4.78 is 0. The van der Waals surface area contributed by atoms with Crippen LogP contribution in [-0.4, -0.2) is 20.4 Å². The molecule has 52 heavy (non-hydrogen) atoms. The van der Waals surface area contributed by atoms with Crippen LogP contribution in [-0.2, 0) is 36.5 Å². The van der Waals surface area contributed by atoms with Gasteiger partial charge in [0.15, 0.2) is 0 Å². The van der Waals surface area contributed by atoms with E-state index in [2.05, 4.69) is 76.2 Å². The van der Waals surface area contributed by atoms with Gasteiger partial charge >= 0.3 is 0 Å². The molecule has 0 aliphatic heterocycles. The molecule has 0 heterocycles. The molecule has 4 aromatic carbocycles. The molecule has 0 aromatic heterocycles. The van der Waals surface area contributed by atoms with E-state index in [1.54, 1.807) is 0 Å². The van der Waals surface area contributed by atoms with Gasteiger partial charge in [-0.15, -0.1) is 0 Å². The first kappa shape index (κ1) is 37.8. The molecule has 4 aromatic rings. The second-order valence-electron chi connectivity index (χ2n) is 16.2. The summed E-state index contributed by atoms with van der Waals surface area (Å²) in [5, 5.41) is 43.0. The maximum atomic E-state index is 10.7. The van der Waals surface area contributed by atoms with Gasteiger partial charge in [0.25, 0.3) is 0 Å². The molecule has 2 saturated carbocycles. The van der Waals surface area contributed by atoms with Crippen LogP contribution in [0.3, 0.4) is 0 Å². The fourth-order valence-corrected chi connectivity index (χ4v) is 10.1. The van der Waals surface area contributed by atoms with Gasteiger partial charge in [0.05, 0.1) is 0 Å². The molecule has 0 bridgehead atoms. The zero-order chi connectivity index (χ0) is 36.9. The Balaban J connectivity index is 1.29. The minimum atomic E-state index is -0.148. The number of rotatable bonds is 13. The van der Waals surface area contributed by atoms with Gasteiger partial charge < -0.3 is 20.4 Å². The molecule has 0 saturated heterocycles. The van der Waals surface area contributed by atoms with Crippen LogP contribution in [0.1, 0.15) is 149 Å². The van der Waals surface area contributed by atoms with Crippen molar-refractivity contribution in [1.82, 2.24) is 0 Å². The van der Waals surface area contributed by atoms with Crippen LogP contribution >= 0.6 is 0 Å². The largest absolute Gasteiger partial charge is 0.508 e. The molecule has 0 amide bonds. The zero-order valence-corrected chi connectivity index (χ0v) is 32.2. The monoisotopic (exact) mass is 702 g/mol. The van der Waals surface area contributed by atoms with E-state index in [1.165, 1.54) is 22.3 Å². The van der Waals surface area contributed by atoms with Crippen molar-refractivity contribution in [3.8, 4) is 23.0 Å². The molecule has 0 radical (unpaired) electrons. The predicted octanol–water partition coefficient (Wildman–Crippen LogP) is 12.0. The van der Waals surface area contributed by atoms with Gasteiger partial charge in [-0.2, -0.15) is 0 Å². The first-order chi connectivity index (χ1) is 25.2. The standard InChI is InChI=1S/C48H62O4/c1-5-9-35-29-39(13-17-43(35)49)47(40-14-18-44(50)36(30-40)10-6-2)25-21-33(22-26-47)34-23-27-48(28-24-34,41-15-19-45(51)37(31-41)11-7-3)42-16-20-46(52)38(32-42)12-8-4/h13-20,29-34,49-52H,5-12,21-28H2,1-4H3. The highest BCUT2D eigenvalue weighted by Gasteiger charge is 2.45. The SMILES string of the molecule is CCCc1cc(C2(c3ccc(O)c(CCC)c3)CCC(C3CCC(c4ccc(O)c(CCC)c4)(c4ccc(O)c(CCC)c4)CC3)CC2)ccc1O. The smallest absolute Gasteiger partial charge is 0.118 e. The summed E-state index contributed by atoms with van der Waals surface area (Å²) in [6.07, 6.45) is 16.3. The van der Waals surface area contributed by atoms with Crippen molar-refractivity contribution >= 4 is 0 Å². The van der Waals surface area contributed by atoms with E-state index >= 15 is 0 Å². The van der Waals surface area contributed by atoms with Gasteiger partial charge in [-0.05, 0) is 158 Å². The van der Waals surface area contributed by atoms with Gasteiger partial charge in [-0.25, -0.2) is 0 Å². The second-order valence-corrected chi connectivity index (χ2v) is 16.2. The summed E-state index contributed by atoms with van der Waals surface area (Å²) in [7, 11) is 0. The van der Waals surface area contributed by atoms with Crippen molar-refractivity contribution in [2.24, 2.45) is 11.8 Å². The number of hydrogen-bond donors (Lipinski definition) is 4. The highest BCUT2D eigenvalue weighted by atomic mass is 16.3. The zero-order valence-electron chi connectivity index (χ0n) is 32.2. The average molecular weight is 703 g/mol. The number of benzene rings is 4. The van der Waals surface area contributed by atoms with Crippen molar-refractivity contribution in [1.29, 1.82) is 0 Å². The predicted molar refractivity (Wildman–Crippen MR) is 214 cm³/mol. The summed E-state index contributed by atoms with van der Waals surface area (Å²) in [5.74, 6) is 2.87. The second kappa shape index (κ2) is 16.4. The van der Waals surface area contributed by atoms with Crippen LogP contribution in [0.15, 0.2) is 72.8 Å². The fourth-order valence-electron chi connectivity index (χ4n) is 10.1.